The van der Waals surface area contributed by atoms with Crippen LogP contribution in [-0.4, -0.2) is 81.1 Å². The number of nitrogens with zero attached hydrogens (tertiary/aromatic N) is 2. The van der Waals surface area contributed by atoms with Crippen molar-refractivity contribution < 1.29 is 14.4 Å². The molecule has 1 saturated heterocycles. The first-order valence-corrected chi connectivity index (χ1v) is 12.3. The van der Waals surface area contributed by atoms with Crippen molar-refractivity contribution in [2.24, 2.45) is 0 Å². The van der Waals surface area contributed by atoms with Crippen molar-refractivity contribution in [3.8, 4) is 0 Å². The molecule has 1 heterocycles. The number of anilines is 1. The zero-order valence-corrected chi connectivity index (χ0v) is 21.6. The van der Waals surface area contributed by atoms with Gasteiger partial charge in [-0.25, -0.2) is 0 Å². The van der Waals surface area contributed by atoms with Crippen LogP contribution in [-0.2, 0) is 4.79 Å². The fourth-order valence-electron chi connectivity index (χ4n) is 4.22. The van der Waals surface area contributed by atoms with E-state index in [0.29, 0.717) is 40.2 Å². The number of nitrogens with one attached hydrogen (secondary N) is 2. The van der Waals surface area contributed by atoms with Gasteiger partial charge >= 0.3 is 0 Å². The van der Waals surface area contributed by atoms with Crippen LogP contribution in [0.5, 0.6) is 0 Å². The minimum Gasteiger partial charge on any atom is -0.398 e. The molecular formula is C28H37N5O3. The number of benzene rings is 2. The number of carbonyl (C=O) groups is 3. The van der Waals surface area contributed by atoms with E-state index < -0.39 is 0 Å². The largest absolute Gasteiger partial charge is 0.398 e. The number of allylic oxidation sites excluding steroid dienone is 1. The highest BCUT2D eigenvalue weighted by Gasteiger charge is 2.22. The van der Waals surface area contributed by atoms with E-state index in [-0.39, 0.29) is 17.7 Å². The van der Waals surface area contributed by atoms with Crippen LogP contribution < -0.4 is 16.4 Å². The van der Waals surface area contributed by atoms with E-state index in [9.17, 15) is 14.4 Å². The van der Waals surface area contributed by atoms with Crippen LogP contribution >= 0.6 is 0 Å². The van der Waals surface area contributed by atoms with Crippen molar-refractivity contribution >= 4 is 34.9 Å². The van der Waals surface area contributed by atoms with Crippen LogP contribution in [0.3, 0.4) is 0 Å². The molecule has 8 nitrogen and oxygen atoms in total. The molecule has 8 heteroatoms. The topological polar surface area (TPSA) is 108 Å². The SMILES string of the molecule is CC(=O)c1ccc(N)c(/C(C=O)=C(/NC2CCN(C)CC2)c2ccc(C(=O)NCCN(C)C)cc2)c1. The maximum Gasteiger partial charge on any atom is 0.251 e. The van der Waals surface area contributed by atoms with E-state index >= 15 is 0 Å². The van der Waals surface area contributed by atoms with Gasteiger partial charge in [0.15, 0.2) is 12.1 Å². The van der Waals surface area contributed by atoms with E-state index in [1.807, 2.05) is 31.1 Å². The number of likely N-dealkylation sites (N-methyl/N-ethyl adjacent to an activating group) is 1. The Bertz CT molecular complexity index is 1120. The van der Waals surface area contributed by atoms with Gasteiger partial charge in [-0.2, -0.15) is 0 Å². The molecule has 0 aliphatic carbocycles. The summed E-state index contributed by atoms with van der Waals surface area (Å²) in [5.41, 5.74) is 10.0. The maximum absolute atomic E-state index is 12.5. The number of amides is 1. The molecule has 2 aromatic rings. The van der Waals surface area contributed by atoms with Crippen LogP contribution in [0.2, 0.25) is 0 Å². The third kappa shape index (κ3) is 7.02. The van der Waals surface area contributed by atoms with Gasteiger partial charge in [0.05, 0.1) is 5.70 Å². The van der Waals surface area contributed by atoms with Gasteiger partial charge in [-0.15, -0.1) is 0 Å². The molecule has 1 amide bonds. The summed E-state index contributed by atoms with van der Waals surface area (Å²) in [7, 11) is 6.01. The number of piperidine rings is 1. The first-order chi connectivity index (χ1) is 17.2. The smallest absolute Gasteiger partial charge is 0.251 e. The molecule has 36 heavy (non-hydrogen) atoms. The number of aldehydes is 1. The summed E-state index contributed by atoms with van der Waals surface area (Å²) in [6.07, 6.45) is 2.65. The summed E-state index contributed by atoms with van der Waals surface area (Å²) in [6.45, 7) is 4.70. The maximum atomic E-state index is 12.5. The highest BCUT2D eigenvalue weighted by atomic mass is 16.1. The van der Waals surface area contributed by atoms with E-state index in [0.717, 1.165) is 44.3 Å². The first kappa shape index (κ1) is 27.1. The Morgan fingerprint density at radius 1 is 1.06 bits per heavy atom. The van der Waals surface area contributed by atoms with Gasteiger partial charge in [-0.1, -0.05) is 12.1 Å². The van der Waals surface area contributed by atoms with E-state index in [4.69, 9.17) is 5.73 Å². The lowest BCUT2D eigenvalue weighted by Gasteiger charge is -2.31. The van der Waals surface area contributed by atoms with E-state index in [1.54, 1.807) is 30.3 Å². The minimum atomic E-state index is -0.147. The van der Waals surface area contributed by atoms with Crippen molar-refractivity contribution in [3.63, 3.8) is 0 Å². The third-order valence-corrected chi connectivity index (χ3v) is 6.48. The summed E-state index contributed by atoms with van der Waals surface area (Å²) in [4.78, 5) is 41.3. The average Bonchev–Trinajstić information content (AvgIpc) is 2.85. The Hall–Kier alpha value is -3.49. The Balaban J connectivity index is 2.00. The number of rotatable bonds is 10. The Morgan fingerprint density at radius 3 is 2.25 bits per heavy atom. The number of likely N-dealkylation sites (tertiary alicyclic amines) is 1. The highest BCUT2D eigenvalue weighted by molar-refractivity contribution is 6.19. The lowest BCUT2D eigenvalue weighted by atomic mass is 9.94. The number of carbonyl (C=O) groups excluding carboxylic acids is 3. The lowest BCUT2D eigenvalue weighted by Crippen LogP contribution is -2.40. The number of hydrogen-bond donors (Lipinski definition) is 3. The predicted octanol–water partition coefficient (Wildman–Crippen LogP) is 2.51. The molecule has 1 aliphatic heterocycles. The quantitative estimate of drug-likeness (QED) is 0.154. The Labute approximate surface area is 213 Å². The highest BCUT2D eigenvalue weighted by Crippen LogP contribution is 2.30. The lowest BCUT2D eigenvalue weighted by molar-refractivity contribution is -0.103. The van der Waals surface area contributed by atoms with Crippen molar-refractivity contribution in [1.82, 2.24) is 20.4 Å². The molecule has 0 spiro atoms. The second kappa shape index (κ2) is 12.5. The number of nitrogens with two attached hydrogens (primary N) is 1. The van der Waals surface area contributed by atoms with Crippen molar-refractivity contribution in [2.75, 3.05) is 53.1 Å². The van der Waals surface area contributed by atoms with E-state index in [1.165, 1.54) is 6.92 Å². The minimum absolute atomic E-state index is 0.101. The molecular weight excluding hydrogens is 454 g/mol. The van der Waals surface area contributed by atoms with Crippen LogP contribution in [0.15, 0.2) is 42.5 Å². The van der Waals surface area contributed by atoms with Gasteiger partial charge in [0.1, 0.15) is 0 Å². The van der Waals surface area contributed by atoms with Crippen LogP contribution in [0.25, 0.3) is 11.3 Å². The molecule has 0 aromatic heterocycles. The number of ketones is 1. The van der Waals surface area contributed by atoms with Gasteiger partial charge < -0.3 is 26.2 Å². The number of hydrogen-bond acceptors (Lipinski definition) is 7. The molecule has 1 fully saturated rings. The number of Topliss-reactive ketones (excluding diaryl/α,β-unsaturated/α-hetero) is 1. The Kier molecular flexibility index (Phi) is 9.38. The zero-order chi connectivity index (χ0) is 26.2. The Morgan fingerprint density at radius 2 is 1.67 bits per heavy atom. The van der Waals surface area contributed by atoms with Gasteiger partial charge in [0, 0.05) is 47.1 Å². The standard InChI is InChI=1S/C28H37N5O3/c1-19(35)22-9-10-26(29)24(17-22)25(18-34)27(31-23-11-14-33(4)15-12-23)20-5-7-21(8-6-20)28(36)30-13-16-32(2)3/h5-10,17-18,23,31H,11-16,29H2,1-4H3,(H,30,36)/b27-25+. The molecule has 192 valence electrons. The fraction of sp³-hybridized carbons (Fsp3) is 0.393. The molecule has 0 atom stereocenters. The first-order valence-electron chi connectivity index (χ1n) is 12.3. The summed E-state index contributed by atoms with van der Waals surface area (Å²) in [6, 6.07) is 12.4. The monoisotopic (exact) mass is 491 g/mol. The van der Waals surface area contributed by atoms with Crippen molar-refractivity contribution in [3.05, 3.63) is 64.7 Å². The molecule has 4 N–H and O–H groups in total. The molecule has 0 unspecified atom stereocenters. The zero-order valence-electron chi connectivity index (χ0n) is 21.6. The second-order valence-electron chi connectivity index (χ2n) is 9.62. The summed E-state index contributed by atoms with van der Waals surface area (Å²) < 4.78 is 0. The van der Waals surface area contributed by atoms with Crippen LogP contribution in [0, 0.1) is 0 Å². The molecule has 0 radical (unpaired) electrons. The molecule has 1 aliphatic rings. The summed E-state index contributed by atoms with van der Waals surface area (Å²) in [5.74, 6) is -0.248. The summed E-state index contributed by atoms with van der Waals surface area (Å²) in [5, 5.41) is 6.50. The molecule has 0 bridgehead atoms. The average molecular weight is 492 g/mol. The number of nitrogen functional groups attached to an aromatic ring is 1. The normalized spacial score (nSPS) is 15.4. The summed E-state index contributed by atoms with van der Waals surface area (Å²) >= 11 is 0. The van der Waals surface area contributed by atoms with Crippen molar-refractivity contribution in [2.45, 2.75) is 25.8 Å². The van der Waals surface area contributed by atoms with Gasteiger partial charge in [-0.3, -0.25) is 14.4 Å². The third-order valence-electron chi connectivity index (χ3n) is 6.48. The van der Waals surface area contributed by atoms with Crippen LogP contribution in [0.4, 0.5) is 5.69 Å². The molecule has 3 rings (SSSR count). The fourth-order valence-corrected chi connectivity index (χ4v) is 4.22. The van der Waals surface area contributed by atoms with Crippen molar-refractivity contribution in [1.29, 1.82) is 0 Å². The molecule has 2 aromatic carbocycles. The predicted molar refractivity (Wildman–Crippen MR) is 145 cm³/mol. The van der Waals surface area contributed by atoms with Gasteiger partial charge in [0.25, 0.3) is 5.91 Å². The second-order valence-corrected chi connectivity index (χ2v) is 9.62. The van der Waals surface area contributed by atoms with Gasteiger partial charge in [0.2, 0.25) is 0 Å². The van der Waals surface area contributed by atoms with Gasteiger partial charge in [-0.05, 0) is 89.9 Å². The van der Waals surface area contributed by atoms with Crippen LogP contribution in [0.1, 0.15) is 51.6 Å². The van der Waals surface area contributed by atoms with E-state index in [2.05, 4.69) is 22.6 Å². The molecule has 0 saturated carbocycles.